The van der Waals surface area contributed by atoms with Crippen LogP contribution in [-0.2, 0) is 22.5 Å². The van der Waals surface area contributed by atoms with Crippen LogP contribution >= 0.6 is 0 Å². The first-order valence-electron chi connectivity index (χ1n) is 9.54. The number of aromatic nitrogens is 2. The van der Waals surface area contributed by atoms with Crippen LogP contribution in [0.15, 0.2) is 47.3 Å². The quantitative estimate of drug-likeness (QED) is 0.691. The first-order chi connectivity index (χ1) is 13.9. The van der Waals surface area contributed by atoms with Crippen molar-refractivity contribution in [3.63, 3.8) is 0 Å². The van der Waals surface area contributed by atoms with Crippen LogP contribution in [0, 0.1) is 6.92 Å². The molecule has 1 N–H and O–H groups in total. The number of anilines is 1. The molecule has 1 aromatic heterocycles. The highest BCUT2D eigenvalue weighted by atomic mass is 16.5. The van der Waals surface area contributed by atoms with Crippen LogP contribution in [0.4, 0.5) is 5.69 Å². The van der Waals surface area contributed by atoms with Gasteiger partial charge in [0.25, 0.3) is 11.5 Å². The molecule has 0 aliphatic carbocycles. The van der Waals surface area contributed by atoms with Gasteiger partial charge in [0.1, 0.15) is 5.82 Å². The van der Waals surface area contributed by atoms with Crippen molar-refractivity contribution in [1.82, 2.24) is 9.55 Å². The fourth-order valence-corrected chi connectivity index (χ4v) is 3.46. The van der Waals surface area contributed by atoms with E-state index in [1.165, 1.54) is 13.0 Å². The van der Waals surface area contributed by atoms with Crippen molar-refractivity contribution < 1.29 is 14.3 Å². The van der Waals surface area contributed by atoms with Crippen LogP contribution in [0.5, 0.6) is 0 Å². The van der Waals surface area contributed by atoms with E-state index in [4.69, 9.17) is 4.74 Å². The number of rotatable bonds is 4. The van der Waals surface area contributed by atoms with E-state index in [0.717, 1.165) is 24.2 Å². The Bertz CT molecular complexity index is 1180. The number of aryl methyl sites for hydroxylation is 2. The Labute approximate surface area is 167 Å². The third kappa shape index (κ3) is 3.76. The van der Waals surface area contributed by atoms with E-state index in [1.807, 2.05) is 25.1 Å². The van der Waals surface area contributed by atoms with Crippen LogP contribution in [0.2, 0.25) is 0 Å². The SMILES string of the molecule is Cc1cccc(NC(=O)[C@H](C)OC(=O)c2ccc3c(=O)n4c(nc3c2)CCC4)c1. The van der Waals surface area contributed by atoms with E-state index in [0.29, 0.717) is 23.1 Å². The Balaban J connectivity index is 1.50. The lowest BCUT2D eigenvalue weighted by atomic mass is 10.1. The van der Waals surface area contributed by atoms with Crippen molar-refractivity contribution >= 4 is 28.5 Å². The summed E-state index contributed by atoms with van der Waals surface area (Å²) in [7, 11) is 0. The molecule has 0 bridgehead atoms. The molecule has 1 atom stereocenters. The molecule has 0 saturated heterocycles. The molecule has 2 aromatic carbocycles. The van der Waals surface area contributed by atoms with Crippen molar-refractivity contribution in [3.8, 4) is 0 Å². The topological polar surface area (TPSA) is 90.3 Å². The molecular weight excluding hydrogens is 370 g/mol. The second-order valence-corrected chi connectivity index (χ2v) is 7.23. The number of amides is 1. The zero-order valence-corrected chi connectivity index (χ0v) is 16.3. The lowest BCUT2D eigenvalue weighted by Crippen LogP contribution is -2.30. The predicted octanol–water partition coefficient (Wildman–Crippen LogP) is 2.84. The largest absolute Gasteiger partial charge is 0.449 e. The van der Waals surface area contributed by atoms with Gasteiger partial charge in [-0.1, -0.05) is 12.1 Å². The number of hydrogen-bond acceptors (Lipinski definition) is 5. The summed E-state index contributed by atoms with van der Waals surface area (Å²) in [6, 6.07) is 12.0. The molecule has 1 amide bonds. The molecule has 148 valence electrons. The summed E-state index contributed by atoms with van der Waals surface area (Å²) >= 11 is 0. The number of carbonyl (C=O) groups excluding carboxylic acids is 2. The fraction of sp³-hybridized carbons (Fsp3) is 0.273. The second kappa shape index (κ2) is 7.50. The molecular formula is C22H21N3O4. The van der Waals surface area contributed by atoms with Gasteiger partial charge in [-0.05, 0) is 56.2 Å². The molecule has 0 saturated carbocycles. The van der Waals surface area contributed by atoms with E-state index in [2.05, 4.69) is 10.3 Å². The maximum Gasteiger partial charge on any atom is 0.338 e. The third-order valence-corrected chi connectivity index (χ3v) is 4.99. The maximum atomic E-state index is 12.5. The summed E-state index contributed by atoms with van der Waals surface area (Å²) < 4.78 is 6.99. The normalized spacial score (nSPS) is 13.7. The van der Waals surface area contributed by atoms with Crippen molar-refractivity contribution in [1.29, 1.82) is 0 Å². The number of fused-ring (bicyclic) bond motifs is 2. The van der Waals surface area contributed by atoms with Gasteiger partial charge in [-0.2, -0.15) is 0 Å². The average Bonchev–Trinajstić information content (AvgIpc) is 3.16. The molecule has 29 heavy (non-hydrogen) atoms. The maximum absolute atomic E-state index is 12.5. The standard InChI is InChI=1S/C22H21N3O4/c1-13-5-3-6-16(11-13)23-20(26)14(2)29-22(28)15-8-9-17-18(12-15)24-19-7-4-10-25(19)21(17)27/h3,5-6,8-9,11-12,14H,4,7,10H2,1-2H3,(H,23,26)/t14-/m0/s1. The van der Waals surface area contributed by atoms with E-state index < -0.39 is 18.0 Å². The molecule has 3 aromatic rings. The zero-order valence-electron chi connectivity index (χ0n) is 16.3. The molecule has 7 heteroatoms. The van der Waals surface area contributed by atoms with Crippen molar-refractivity contribution in [2.24, 2.45) is 0 Å². The number of nitrogens with zero attached hydrogens (tertiary/aromatic N) is 2. The first-order valence-corrected chi connectivity index (χ1v) is 9.54. The first kappa shape index (κ1) is 18.9. The molecule has 0 radical (unpaired) electrons. The van der Waals surface area contributed by atoms with Crippen molar-refractivity contribution in [2.45, 2.75) is 39.3 Å². The lowest BCUT2D eigenvalue weighted by molar-refractivity contribution is -0.123. The van der Waals surface area contributed by atoms with Gasteiger partial charge in [-0.3, -0.25) is 14.2 Å². The molecule has 0 spiro atoms. The molecule has 4 rings (SSSR count). The van der Waals surface area contributed by atoms with Crippen LogP contribution in [-0.4, -0.2) is 27.5 Å². The predicted molar refractivity (Wildman–Crippen MR) is 109 cm³/mol. The van der Waals surface area contributed by atoms with Gasteiger partial charge in [-0.15, -0.1) is 0 Å². The van der Waals surface area contributed by atoms with E-state index in [9.17, 15) is 14.4 Å². The minimum Gasteiger partial charge on any atom is -0.449 e. The number of benzene rings is 2. The average molecular weight is 391 g/mol. The molecule has 1 aliphatic heterocycles. The summed E-state index contributed by atoms with van der Waals surface area (Å²) in [6.07, 6.45) is 0.661. The van der Waals surface area contributed by atoms with Crippen molar-refractivity contribution in [2.75, 3.05) is 5.32 Å². The van der Waals surface area contributed by atoms with Gasteiger partial charge < -0.3 is 10.1 Å². The summed E-state index contributed by atoms with van der Waals surface area (Å²) in [5.41, 5.74) is 2.28. The summed E-state index contributed by atoms with van der Waals surface area (Å²) in [5.74, 6) is -0.320. The van der Waals surface area contributed by atoms with Crippen LogP contribution in [0.3, 0.4) is 0 Å². The molecule has 2 heterocycles. The number of esters is 1. The van der Waals surface area contributed by atoms with Gasteiger partial charge in [0.05, 0.1) is 16.5 Å². The lowest BCUT2D eigenvalue weighted by Gasteiger charge is -2.14. The van der Waals surface area contributed by atoms with E-state index >= 15 is 0 Å². The highest BCUT2D eigenvalue weighted by molar-refractivity contribution is 5.98. The Morgan fingerprint density at radius 1 is 1.21 bits per heavy atom. The van der Waals surface area contributed by atoms with Gasteiger partial charge >= 0.3 is 5.97 Å². The van der Waals surface area contributed by atoms with Crippen LogP contribution < -0.4 is 10.9 Å². The minimum atomic E-state index is -0.975. The third-order valence-electron chi connectivity index (χ3n) is 4.99. The Hall–Kier alpha value is -3.48. The number of hydrogen-bond donors (Lipinski definition) is 1. The van der Waals surface area contributed by atoms with E-state index in [-0.39, 0.29) is 11.1 Å². The smallest absolute Gasteiger partial charge is 0.338 e. The summed E-state index contributed by atoms with van der Waals surface area (Å²) in [4.78, 5) is 41.9. The Morgan fingerprint density at radius 2 is 2.03 bits per heavy atom. The Kier molecular flexibility index (Phi) is 4.88. The number of ether oxygens (including phenoxy) is 1. The van der Waals surface area contributed by atoms with Crippen molar-refractivity contribution in [3.05, 3.63) is 69.8 Å². The Morgan fingerprint density at radius 3 is 2.83 bits per heavy atom. The highest BCUT2D eigenvalue weighted by Gasteiger charge is 2.21. The minimum absolute atomic E-state index is 0.0895. The van der Waals surface area contributed by atoms with E-state index in [1.54, 1.807) is 22.8 Å². The summed E-state index contributed by atoms with van der Waals surface area (Å²) in [5, 5.41) is 3.20. The van der Waals surface area contributed by atoms with Crippen LogP contribution in [0.1, 0.15) is 35.1 Å². The molecule has 0 fully saturated rings. The number of nitrogens with one attached hydrogen (secondary N) is 1. The fourth-order valence-electron chi connectivity index (χ4n) is 3.46. The van der Waals surface area contributed by atoms with Gasteiger partial charge in [0.2, 0.25) is 0 Å². The van der Waals surface area contributed by atoms with Gasteiger partial charge in [-0.25, -0.2) is 9.78 Å². The molecule has 0 unspecified atom stereocenters. The monoisotopic (exact) mass is 391 g/mol. The molecule has 7 nitrogen and oxygen atoms in total. The second-order valence-electron chi connectivity index (χ2n) is 7.23. The van der Waals surface area contributed by atoms with Gasteiger partial charge in [0, 0.05) is 18.7 Å². The summed E-state index contributed by atoms with van der Waals surface area (Å²) in [6.45, 7) is 4.12. The molecule has 1 aliphatic rings. The highest BCUT2D eigenvalue weighted by Crippen LogP contribution is 2.17. The zero-order chi connectivity index (χ0) is 20.5. The number of carbonyl (C=O) groups is 2. The van der Waals surface area contributed by atoms with Crippen LogP contribution in [0.25, 0.3) is 10.9 Å². The van der Waals surface area contributed by atoms with Gasteiger partial charge in [0.15, 0.2) is 6.10 Å².